The number of aromatic amines is 1. The molecule has 0 fully saturated rings. The molecule has 20 heavy (non-hydrogen) atoms. The Labute approximate surface area is 114 Å². The van der Waals surface area contributed by atoms with Gasteiger partial charge in [0.15, 0.2) is 0 Å². The van der Waals surface area contributed by atoms with Gasteiger partial charge in [-0.2, -0.15) is 5.10 Å². The molecule has 2 rings (SSSR count). The Balaban J connectivity index is 2.54. The summed E-state index contributed by atoms with van der Waals surface area (Å²) in [5, 5.41) is 6.20. The van der Waals surface area contributed by atoms with Crippen LogP contribution >= 0.6 is 0 Å². The molecule has 0 spiro atoms. The second kappa shape index (κ2) is 5.98. The van der Waals surface area contributed by atoms with E-state index in [0.717, 1.165) is 0 Å². The van der Waals surface area contributed by atoms with Gasteiger partial charge in [0.25, 0.3) is 11.5 Å². The first-order chi connectivity index (χ1) is 9.67. The highest BCUT2D eigenvalue weighted by molar-refractivity contribution is 5.94. The van der Waals surface area contributed by atoms with Gasteiger partial charge in [0.05, 0.1) is 12.3 Å². The number of nitrogens with one attached hydrogen (secondary N) is 2. The topological polar surface area (TPSA) is 110 Å². The summed E-state index contributed by atoms with van der Waals surface area (Å²) < 4.78 is 5.49. The predicted octanol–water partition coefficient (Wildman–Crippen LogP) is 0.439. The summed E-state index contributed by atoms with van der Waals surface area (Å²) in [6.07, 6.45) is 0. The van der Waals surface area contributed by atoms with Crippen molar-refractivity contribution >= 4 is 5.91 Å². The average Bonchev–Trinajstić information content (AvgIpc) is 2.48. The van der Waals surface area contributed by atoms with Crippen LogP contribution in [0.1, 0.15) is 17.3 Å². The third-order valence-corrected chi connectivity index (χ3v) is 2.64. The van der Waals surface area contributed by atoms with Crippen molar-refractivity contribution in [1.29, 1.82) is 0 Å². The summed E-state index contributed by atoms with van der Waals surface area (Å²) >= 11 is 0. The molecular weight excluding hydrogens is 260 g/mol. The van der Waals surface area contributed by atoms with E-state index in [4.69, 9.17) is 10.6 Å². The number of hydrazine groups is 1. The van der Waals surface area contributed by atoms with Gasteiger partial charge in [-0.25, -0.2) is 10.9 Å². The second-order valence-electron chi connectivity index (χ2n) is 3.90. The van der Waals surface area contributed by atoms with Crippen molar-refractivity contribution in [3.8, 4) is 17.0 Å². The van der Waals surface area contributed by atoms with Gasteiger partial charge in [-0.05, 0) is 25.1 Å². The molecule has 0 aliphatic carbocycles. The van der Waals surface area contributed by atoms with E-state index in [9.17, 15) is 9.59 Å². The summed E-state index contributed by atoms with van der Waals surface area (Å²) in [6.45, 7) is 2.36. The van der Waals surface area contributed by atoms with E-state index in [-0.39, 0.29) is 5.56 Å². The van der Waals surface area contributed by atoms with Crippen LogP contribution < -0.4 is 21.6 Å². The highest BCUT2D eigenvalue weighted by atomic mass is 16.5. The Bertz CT molecular complexity index is 681. The van der Waals surface area contributed by atoms with Crippen LogP contribution in [0.2, 0.25) is 0 Å². The molecule has 0 bridgehead atoms. The van der Waals surface area contributed by atoms with Crippen LogP contribution in [0, 0.1) is 0 Å². The SMILES string of the molecule is CCOc1ccccc1-c1cc(C(=O)NN)c(=O)[nH]n1. The van der Waals surface area contributed by atoms with E-state index in [1.54, 1.807) is 12.1 Å². The maximum atomic E-state index is 11.5. The Morgan fingerprint density at radius 2 is 2.20 bits per heavy atom. The van der Waals surface area contributed by atoms with Crippen LogP contribution in [0.5, 0.6) is 5.75 Å². The second-order valence-corrected chi connectivity index (χ2v) is 3.90. The average molecular weight is 274 g/mol. The van der Waals surface area contributed by atoms with Crippen LogP contribution in [-0.2, 0) is 0 Å². The number of aromatic nitrogens is 2. The van der Waals surface area contributed by atoms with Gasteiger partial charge in [0, 0.05) is 5.56 Å². The van der Waals surface area contributed by atoms with Gasteiger partial charge >= 0.3 is 0 Å². The van der Waals surface area contributed by atoms with Gasteiger partial charge in [0.2, 0.25) is 0 Å². The van der Waals surface area contributed by atoms with Crippen LogP contribution in [0.3, 0.4) is 0 Å². The lowest BCUT2D eigenvalue weighted by molar-refractivity contribution is 0.0952. The number of nitrogen functional groups attached to an aromatic ring is 1. The molecule has 0 aliphatic heterocycles. The van der Waals surface area contributed by atoms with Crippen molar-refractivity contribution in [2.45, 2.75) is 6.92 Å². The molecule has 0 aliphatic rings. The molecule has 4 N–H and O–H groups in total. The molecule has 0 radical (unpaired) electrons. The number of ether oxygens (including phenoxy) is 1. The van der Waals surface area contributed by atoms with Gasteiger partial charge < -0.3 is 4.74 Å². The lowest BCUT2D eigenvalue weighted by Crippen LogP contribution is -2.34. The molecule has 0 saturated carbocycles. The minimum absolute atomic E-state index is 0.108. The lowest BCUT2D eigenvalue weighted by atomic mass is 10.1. The van der Waals surface area contributed by atoms with Gasteiger partial charge in [-0.3, -0.25) is 15.0 Å². The Morgan fingerprint density at radius 1 is 1.45 bits per heavy atom. The normalized spacial score (nSPS) is 10.1. The number of nitrogens with zero attached hydrogens (tertiary/aromatic N) is 1. The van der Waals surface area contributed by atoms with E-state index in [1.807, 2.05) is 24.5 Å². The van der Waals surface area contributed by atoms with E-state index in [1.165, 1.54) is 6.07 Å². The Kier molecular flexibility index (Phi) is 4.11. The molecule has 7 heteroatoms. The zero-order chi connectivity index (χ0) is 14.5. The van der Waals surface area contributed by atoms with Crippen LogP contribution in [-0.4, -0.2) is 22.7 Å². The van der Waals surface area contributed by atoms with E-state index in [0.29, 0.717) is 23.6 Å². The molecule has 1 heterocycles. The van der Waals surface area contributed by atoms with E-state index < -0.39 is 11.5 Å². The monoisotopic (exact) mass is 274 g/mol. The number of rotatable bonds is 4. The highest BCUT2D eigenvalue weighted by Gasteiger charge is 2.14. The molecule has 0 unspecified atom stereocenters. The molecule has 1 aromatic heterocycles. The third-order valence-electron chi connectivity index (χ3n) is 2.64. The highest BCUT2D eigenvalue weighted by Crippen LogP contribution is 2.27. The first kappa shape index (κ1) is 13.8. The van der Waals surface area contributed by atoms with Crippen LogP contribution in [0.15, 0.2) is 35.1 Å². The Morgan fingerprint density at radius 3 is 2.90 bits per heavy atom. The number of hydrogen-bond acceptors (Lipinski definition) is 5. The molecule has 1 aromatic carbocycles. The number of para-hydroxylation sites is 1. The number of carbonyl (C=O) groups is 1. The van der Waals surface area contributed by atoms with Crippen molar-refractivity contribution < 1.29 is 9.53 Å². The number of hydrogen-bond donors (Lipinski definition) is 3. The lowest BCUT2D eigenvalue weighted by Gasteiger charge is -2.09. The summed E-state index contributed by atoms with van der Waals surface area (Å²) in [7, 11) is 0. The fraction of sp³-hybridized carbons (Fsp3) is 0.154. The summed E-state index contributed by atoms with van der Waals surface area (Å²) in [6, 6.07) is 8.59. The van der Waals surface area contributed by atoms with Crippen LogP contribution in [0.25, 0.3) is 11.3 Å². The van der Waals surface area contributed by atoms with E-state index in [2.05, 4.69) is 10.2 Å². The van der Waals surface area contributed by atoms with Gasteiger partial charge in [0.1, 0.15) is 11.3 Å². The molecule has 0 saturated heterocycles. The number of carbonyl (C=O) groups excluding carboxylic acids is 1. The van der Waals surface area contributed by atoms with Crippen LogP contribution in [0.4, 0.5) is 0 Å². The number of H-pyrrole nitrogens is 1. The van der Waals surface area contributed by atoms with Crippen molar-refractivity contribution in [2.24, 2.45) is 5.84 Å². The van der Waals surface area contributed by atoms with Crippen molar-refractivity contribution in [3.05, 3.63) is 46.2 Å². The Hall–Kier alpha value is -2.67. The molecule has 104 valence electrons. The fourth-order valence-electron chi connectivity index (χ4n) is 1.75. The number of amides is 1. The molecular formula is C13H14N4O3. The minimum Gasteiger partial charge on any atom is -0.493 e. The largest absolute Gasteiger partial charge is 0.493 e. The molecule has 7 nitrogen and oxygen atoms in total. The summed E-state index contributed by atoms with van der Waals surface area (Å²) in [5.41, 5.74) is 2.31. The van der Waals surface area contributed by atoms with Crippen molar-refractivity contribution in [1.82, 2.24) is 15.6 Å². The molecule has 2 aromatic rings. The minimum atomic E-state index is -0.677. The zero-order valence-electron chi connectivity index (χ0n) is 10.8. The standard InChI is InChI=1S/C13H14N4O3/c1-2-20-11-6-4-3-5-8(11)10-7-9(12(18)15-14)13(19)17-16-10/h3-7H,2,14H2,1H3,(H,15,18)(H,17,19). The van der Waals surface area contributed by atoms with Crippen molar-refractivity contribution in [3.63, 3.8) is 0 Å². The zero-order valence-corrected chi connectivity index (χ0v) is 10.8. The van der Waals surface area contributed by atoms with Crippen molar-refractivity contribution in [2.75, 3.05) is 6.61 Å². The maximum absolute atomic E-state index is 11.5. The first-order valence-electron chi connectivity index (χ1n) is 6.00. The number of benzene rings is 1. The number of nitrogens with two attached hydrogens (primary N) is 1. The predicted molar refractivity (Wildman–Crippen MR) is 73.1 cm³/mol. The maximum Gasteiger partial charge on any atom is 0.277 e. The molecule has 0 atom stereocenters. The first-order valence-corrected chi connectivity index (χ1v) is 6.00. The smallest absolute Gasteiger partial charge is 0.277 e. The van der Waals surface area contributed by atoms with Gasteiger partial charge in [-0.1, -0.05) is 12.1 Å². The molecule has 1 amide bonds. The summed E-state index contributed by atoms with van der Waals surface area (Å²) in [4.78, 5) is 23.1. The fourth-order valence-corrected chi connectivity index (χ4v) is 1.75. The van der Waals surface area contributed by atoms with Gasteiger partial charge in [-0.15, -0.1) is 0 Å². The quantitative estimate of drug-likeness (QED) is 0.425. The summed E-state index contributed by atoms with van der Waals surface area (Å²) in [5.74, 6) is 4.98. The third kappa shape index (κ3) is 2.67. The van der Waals surface area contributed by atoms with E-state index >= 15 is 0 Å².